The maximum absolute atomic E-state index is 12.3. The van der Waals surface area contributed by atoms with Crippen LogP contribution in [0.5, 0.6) is 0 Å². The van der Waals surface area contributed by atoms with Crippen molar-refractivity contribution in [3.63, 3.8) is 0 Å². The van der Waals surface area contributed by atoms with Gasteiger partial charge in [0.15, 0.2) is 0 Å². The number of carbonyl (C=O) groups is 1. The van der Waals surface area contributed by atoms with Gasteiger partial charge in [-0.3, -0.25) is 4.79 Å². The van der Waals surface area contributed by atoms with Crippen LogP contribution in [0.15, 0.2) is 34.5 Å². The third kappa shape index (κ3) is 4.81. The van der Waals surface area contributed by atoms with Crippen LogP contribution in [-0.2, 0) is 21.4 Å². The van der Waals surface area contributed by atoms with Crippen molar-refractivity contribution >= 4 is 33.0 Å². The molecule has 2 rings (SSSR count). The summed E-state index contributed by atoms with van der Waals surface area (Å²) >= 11 is 1.58. The number of benzene rings is 1. The van der Waals surface area contributed by atoms with Crippen molar-refractivity contribution in [1.82, 2.24) is 9.62 Å². The van der Waals surface area contributed by atoms with E-state index in [1.54, 1.807) is 23.5 Å². The Morgan fingerprint density at radius 1 is 1.24 bits per heavy atom. The highest BCUT2D eigenvalue weighted by molar-refractivity contribution is 7.89. The first-order valence-corrected chi connectivity index (χ1v) is 10.1. The van der Waals surface area contributed by atoms with Gasteiger partial charge in [0, 0.05) is 24.7 Å². The molecule has 0 saturated carbocycles. The number of hydrogen-bond acceptors (Lipinski definition) is 5. The quantitative estimate of drug-likeness (QED) is 0.772. The molecule has 1 aromatic carbocycles. The molecule has 0 spiro atoms. The Kier molecular flexibility index (Phi) is 6.21. The summed E-state index contributed by atoms with van der Waals surface area (Å²) < 4.78 is 25.9. The lowest BCUT2D eigenvalue weighted by molar-refractivity contribution is -0.119. The standard InChI is InChI=1S/C17H23N3O3S2/c1-12-8-15(25(22,23)20(3)4)9-16(13(12)2)18-11-17(21)19-10-14-6-5-7-24-14/h5-9,18H,10-11H2,1-4H3,(H,19,21). The minimum atomic E-state index is -3.52. The summed E-state index contributed by atoms with van der Waals surface area (Å²) in [5.74, 6) is -0.147. The SMILES string of the molecule is Cc1cc(S(=O)(=O)N(C)C)cc(NCC(=O)NCc2cccs2)c1C. The number of aryl methyl sites for hydroxylation is 1. The van der Waals surface area contributed by atoms with Gasteiger partial charge in [-0.1, -0.05) is 6.07 Å². The van der Waals surface area contributed by atoms with Crippen LogP contribution in [0.4, 0.5) is 5.69 Å². The molecular weight excluding hydrogens is 358 g/mol. The van der Waals surface area contributed by atoms with Crippen LogP contribution < -0.4 is 10.6 Å². The van der Waals surface area contributed by atoms with Gasteiger partial charge in [0.05, 0.1) is 18.0 Å². The van der Waals surface area contributed by atoms with E-state index in [0.717, 1.165) is 16.0 Å². The predicted molar refractivity (Wildman–Crippen MR) is 101 cm³/mol. The number of thiophene rings is 1. The van der Waals surface area contributed by atoms with E-state index in [0.29, 0.717) is 12.2 Å². The molecule has 0 aliphatic rings. The summed E-state index contributed by atoms with van der Waals surface area (Å²) in [5, 5.41) is 7.84. The Labute approximate surface area is 152 Å². The number of anilines is 1. The maximum atomic E-state index is 12.3. The van der Waals surface area contributed by atoms with E-state index >= 15 is 0 Å². The lowest BCUT2D eigenvalue weighted by Gasteiger charge is -2.17. The fourth-order valence-electron chi connectivity index (χ4n) is 2.21. The molecule has 0 unspecified atom stereocenters. The van der Waals surface area contributed by atoms with Gasteiger partial charge in [0.1, 0.15) is 0 Å². The van der Waals surface area contributed by atoms with E-state index < -0.39 is 10.0 Å². The lowest BCUT2D eigenvalue weighted by Crippen LogP contribution is -2.29. The highest BCUT2D eigenvalue weighted by atomic mass is 32.2. The molecule has 0 bridgehead atoms. The number of amides is 1. The number of hydrogen-bond donors (Lipinski definition) is 2. The van der Waals surface area contributed by atoms with Crippen molar-refractivity contribution in [3.8, 4) is 0 Å². The number of rotatable bonds is 7. The zero-order chi connectivity index (χ0) is 18.6. The van der Waals surface area contributed by atoms with E-state index in [-0.39, 0.29) is 17.3 Å². The van der Waals surface area contributed by atoms with Gasteiger partial charge in [-0.25, -0.2) is 12.7 Å². The molecule has 136 valence electrons. The largest absolute Gasteiger partial charge is 0.376 e. The Balaban J connectivity index is 2.08. The summed E-state index contributed by atoms with van der Waals surface area (Å²) in [7, 11) is -0.532. The summed E-state index contributed by atoms with van der Waals surface area (Å²) in [5.41, 5.74) is 2.42. The van der Waals surface area contributed by atoms with E-state index in [1.165, 1.54) is 18.4 Å². The zero-order valence-electron chi connectivity index (χ0n) is 14.8. The molecule has 1 heterocycles. The first kappa shape index (κ1) is 19.4. The number of sulfonamides is 1. The van der Waals surface area contributed by atoms with Crippen LogP contribution in [0.25, 0.3) is 0 Å². The second-order valence-electron chi connectivity index (χ2n) is 5.91. The first-order chi connectivity index (χ1) is 11.7. The summed E-state index contributed by atoms with van der Waals surface area (Å²) in [4.78, 5) is 13.3. The fraction of sp³-hybridized carbons (Fsp3) is 0.353. The van der Waals surface area contributed by atoms with E-state index in [4.69, 9.17) is 0 Å². The number of carbonyl (C=O) groups excluding carboxylic acids is 1. The van der Waals surface area contributed by atoms with Crippen molar-refractivity contribution in [3.05, 3.63) is 45.6 Å². The Morgan fingerprint density at radius 3 is 2.56 bits per heavy atom. The molecular formula is C17H23N3O3S2. The predicted octanol–water partition coefficient (Wildman–Crippen LogP) is 2.34. The monoisotopic (exact) mass is 381 g/mol. The third-order valence-electron chi connectivity index (χ3n) is 3.90. The molecule has 0 aliphatic heterocycles. The molecule has 0 radical (unpaired) electrons. The van der Waals surface area contributed by atoms with Gasteiger partial charge < -0.3 is 10.6 Å². The van der Waals surface area contributed by atoms with Gasteiger partial charge in [0.2, 0.25) is 15.9 Å². The van der Waals surface area contributed by atoms with Crippen LogP contribution in [0, 0.1) is 13.8 Å². The molecule has 1 aromatic heterocycles. The maximum Gasteiger partial charge on any atom is 0.242 e. The highest BCUT2D eigenvalue weighted by Crippen LogP contribution is 2.25. The van der Waals surface area contributed by atoms with Gasteiger partial charge >= 0.3 is 0 Å². The normalized spacial score (nSPS) is 11.6. The van der Waals surface area contributed by atoms with E-state index in [9.17, 15) is 13.2 Å². The molecule has 2 aromatic rings. The average Bonchev–Trinajstić information content (AvgIpc) is 3.07. The lowest BCUT2D eigenvalue weighted by atomic mass is 10.1. The van der Waals surface area contributed by atoms with Gasteiger partial charge in [-0.15, -0.1) is 11.3 Å². The summed E-state index contributed by atoms with van der Waals surface area (Å²) in [6, 6.07) is 7.12. The molecule has 0 atom stereocenters. The second-order valence-corrected chi connectivity index (χ2v) is 9.09. The molecule has 6 nitrogen and oxygen atoms in total. The number of nitrogens with one attached hydrogen (secondary N) is 2. The Morgan fingerprint density at radius 2 is 1.96 bits per heavy atom. The van der Waals surface area contributed by atoms with Crippen molar-refractivity contribution < 1.29 is 13.2 Å². The number of nitrogens with zero attached hydrogens (tertiary/aromatic N) is 1. The van der Waals surface area contributed by atoms with E-state index in [2.05, 4.69) is 10.6 Å². The van der Waals surface area contributed by atoms with Crippen LogP contribution in [0.3, 0.4) is 0 Å². The van der Waals surface area contributed by atoms with Crippen molar-refractivity contribution in [2.24, 2.45) is 0 Å². The molecule has 0 fully saturated rings. The van der Waals surface area contributed by atoms with Crippen molar-refractivity contribution in [1.29, 1.82) is 0 Å². The Bertz CT molecular complexity index is 844. The van der Waals surface area contributed by atoms with Crippen LogP contribution in [0.2, 0.25) is 0 Å². The first-order valence-electron chi connectivity index (χ1n) is 7.78. The summed E-state index contributed by atoms with van der Waals surface area (Å²) in [6.45, 7) is 4.32. The second kappa shape index (κ2) is 7.99. The van der Waals surface area contributed by atoms with Crippen LogP contribution >= 0.6 is 11.3 Å². The molecule has 8 heteroatoms. The van der Waals surface area contributed by atoms with Gasteiger partial charge in [-0.05, 0) is 48.6 Å². The molecule has 2 N–H and O–H groups in total. The molecule has 0 aliphatic carbocycles. The van der Waals surface area contributed by atoms with Gasteiger partial charge in [0.25, 0.3) is 0 Å². The van der Waals surface area contributed by atoms with Crippen molar-refractivity contribution in [2.45, 2.75) is 25.3 Å². The third-order valence-corrected chi connectivity index (χ3v) is 6.57. The van der Waals surface area contributed by atoms with Crippen LogP contribution in [0.1, 0.15) is 16.0 Å². The minimum Gasteiger partial charge on any atom is -0.376 e. The smallest absolute Gasteiger partial charge is 0.242 e. The molecule has 1 amide bonds. The average molecular weight is 382 g/mol. The van der Waals surface area contributed by atoms with Gasteiger partial charge in [-0.2, -0.15) is 0 Å². The summed E-state index contributed by atoms with van der Waals surface area (Å²) in [6.07, 6.45) is 0. The van der Waals surface area contributed by atoms with Crippen LogP contribution in [-0.4, -0.2) is 39.3 Å². The molecule has 0 saturated heterocycles. The Hall–Kier alpha value is -1.90. The van der Waals surface area contributed by atoms with E-state index in [1.807, 2.05) is 31.4 Å². The molecule has 25 heavy (non-hydrogen) atoms. The van der Waals surface area contributed by atoms with Crippen molar-refractivity contribution in [2.75, 3.05) is 26.0 Å². The zero-order valence-corrected chi connectivity index (χ0v) is 16.4. The fourth-order valence-corrected chi connectivity index (χ4v) is 3.87. The topological polar surface area (TPSA) is 78.5 Å². The minimum absolute atomic E-state index is 0.0805. The highest BCUT2D eigenvalue weighted by Gasteiger charge is 2.19.